The van der Waals surface area contributed by atoms with Crippen LogP contribution in [0.15, 0.2) is 22.7 Å². The lowest BCUT2D eigenvalue weighted by Gasteiger charge is -2.27. The number of alkyl halides is 3. The summed E-state index contributed by atoms with van der Waals surface area (Å²) in [5.74, 6) is -1.08. The first kappa shape index (κ1) is 15.8. The number of hydrogen-bond acceptors (Lipinski definition) is 2. The van der Waals surface area contributed by atoms with Crippen LogP contribution in [0.5, 0.6) is 0 Å². The Hall–Kier alpha value is -1.24. The number of halogens is 4. The van der Waals surface area contributed by atoms with E-state index < -0.39 is 23.2 Å². The maximum absolute atomic E-state index is 12.8. The second kappa shape index (κ2) is 5.40. The first-order valence-corrected chi connectivity index (χ1v) is 6.17. The zero-order valence-electron chi connectivity index (χ0n) is 10.3. The maximum Gasteiger partial charge on any atom is 0.418 e. The van der Waals surface area contributed by atoms with E-state index in [4.69, 9.17) is 5.11 Å². The summed E-state index contributed by atoms with van der Waals surface area (Å²) < 4.78 is 39.0. The SMILES string of the molecule is CC(C)(CC(=O)O)Nc1cc(Br)ccc1C(F)(F)F. The van der Waals surface area contributed by atoms with Gasteiger partial charge in [0, 0.05) is 15.7 Å². The minimum absolute atomic E-state index is 0.145. The highest BCUT2D eigenvalue weighted by Crippen LogP contribution is 2.37. The van der Waals surface area contributed by atoms with Crippen LogP contribution in [0.3, 0.4) is 0 Å². The van der Waals surface area contributed by atoms with E-state index in [1.807, 2.05) is 0 Å². The van der Waals surface area contributed by atoms with Gasteiger partial charge in [0.25, 0.3) is 0 Å². The van der Waals surface area contributed by atoms with Crippen molar-refractivity contribution < 1.29 is 23.1 Å². The monoisotopic (exact) mass is 339 g/mol. The summed E-state index contributed by atoms with van der Waals surface area (Å²) in [6.07, 6.45) is -4.79. The second-order valence-corrected chi connectivity index (χ2v) is 5.68. The normalized spacial score (nSPS) is 12.3. The smallest absolute Gasteiger partial charge is 0.418 e. The molecule has 19 heavy (non-hydrogen) atoms. The van der Waals surface area contributed by atoms with Gasteiger partial charge in [0.2, 0.25) is 0 Å². The van der Waals surface area contributed by atoms with Crippen LogP contribution in [-0.2, 0) is 11.0 Å². The maximum atomic E-state index is 12.8. The molecule has 0 spiro atoms. The summed E-state index contributed by atoms with van der Waals surface area (Å²) in [5, 5.41) is 11.4. The fourth-order valence-corrected chi connectivity index (χ4v) is 2.01. The fourth-order valence-electron chi connectivity index (χ4n) is 1.65. The topological polar surface area (TPSA) is 49.3 Å². The van der Waals surface area contributed by atoms with Crippen LogP contribution in [0.25, 0.3) is 0 Å². The molecule has 0 heterocycles. The third-order valence-electron chi connectivity index (χ3n) is 2.35. The van der Waals surface area contributed by atoms with Gasteiger partial charge in [0.15, 0.2) is 0 Å². The first-order chi connectivity index (χ1) is 8.51. The second-order valence-electron chi connectivity index (χ2n) is 4.77. The van der Waals surface area contributed by atoms with E-state index in [-0.39, 0.29) is 12.1 Å². The first-order valence-electron chi connectivity index (χ1n) is 5.38. The van der Waals surface area contributed by atoms with Gasteiger partial charge in [-0.3, -0.25) is 4.79 Å². The van der Waals surface area contributed by atoms with Crippen molar-refractivity contribution in [3.05, 3.63) is 28.2 Å². The molecular formula is C12H13BrF3NO2. The van der Waals surface area contributed by atoms with E-state index in [2.05, 4.69) is 21.2 Å². The van der Waals surface area contributed by atoms with Crippen LogP contribution in [0, 0.1) is 0 Å². The third-order valence-corrected chi connectivity index (χ3v) is 2.85. The highest BCUT2D eigenvalue weighted by atomic mass is 79.9. The van der Waals surface area contributed by atoms with Gasteiger partial charge >= 0.3 is 12.1 Å². The third kappa shape index (κ3) is 4.74. The van der Waals surface area contributed by atoms with Crippen molar-refractivity contribution in [2.24, 2.45) is 0 Å². The van der Waals surface area contributed by atoms with Gasteiger partial charge in [-0.15, -0.1) is 0 Å². The molecule has 0 saturated carbocycles. The van der Waals surface area contributed by atoms with Crippen molar-refractivity contribution in [3.8, 4) is 0 Å². The molecule has 0 bridgehead atoms. The molecule has 1 rings (SSSR count). The molecule has 0 atom stereocenters. The minimum Gasteiger partial charge on any atom is -0.481 e. The summed E-state index contributed by atoms with van der Waals surface area (Å²) in [4.78, 5) is 10.7. The summed E-state index contributed by atoms with van der Waals surface area (Å²) >= 11 is 3.10. The van der Waals surface area contributed by atoms with E-state index in [1.54, 1.807) is 0 Å². The van der Waals surface area contributed by atoms with Crippen molar-refractivity contribution in [3.63, 3.8) is 0 Å². The van der Waals surface area contributed by atoms with E-state index in [1.165, 1.54) is 26.0 Å². The molecule has 3 nitrogen and oxygen atoms in total. The number of aliphatic carboxylic acids is 1. The number of hydrogen-bond donors (Lipinski definition) is 2. The molecule has 0 radical (unpaired) electrons. The molecule has 0 aliphatic carbocycles. The zero-order valence-corrected chi connectivity index (χ0v) is 11.9. The van der Waals surface area contributed by atoms with Crippen LogP contribution in [0.1, 0.15) is 25.8 Å². The van der Waals surface area contributed by atoms with Gasteiger partial charge in [-0.2, -0.15) is 13.2 Å². The van der Waals surface area contributed by atoms with Gasteiger partial charge in [0.1, 0.15) is 0 Å². The van der Waals surface area contributed by atoms with Crippen molar-refractivity contribution in [1.29, 1.82) is 0 Å². The summed E-state index contributed by atoms with van der Waals surface area (Å²) in [5.41, 5.74) is -1.96. The highest BCUT2D eigenvalue weighted by molar-refractivity contribution is 9.10. The highest BCUT2D eigenvalue weighted by Gasteiger charge is 2.35. The molecule has 7 heteroatoms. The number of nitrogens with one attached hydrogen (secondary N) is 1. The lowest BCUT2D eigenvalue weighted by Crippen LogP contribution is -2.34. The van der Waals surface area contributed by atoms with Crippen molar-refractivity contribution in [1.82, 2.24) is 0 Å². The Morgan fingerprint density at radius 3 is 2.42 bits per heavy atom. The van der Waals surface area contributed by atoms with Gasteiger partial charge < -0.3 is 10.4 Å². The molecule has 0 amide bonds. The summed E-state index contributed by atoms with van der Waals surface area (Å²) in [7, 11) is 0. The van der Waals surface area contributed by atoms with Crippen LogP contribution >= 0.6 is 15.9 Å². The zero-order chi connectivity index (χ0) is 14.8. The molecule has 0 aromatic heterocycles. The Labute approximate surface area is 116 Å². The number of carboxylic acid groups (broad SMARTS) is 1. The van der Waals surface area contributed by atoms with E-state index in [0.717, 1.165) is 6.07 Å². The fraction of sp³-hybridized carbons (Fsp3) is 0.417. The largest absolute Gasteiger partial charge is 0.481 e. The van der Waals surface area contributed by atoms with Crippen LogP contribution in [-0.4, -0.2) is 16.6 Å². The predicted molar refractivity (Wildman–Crippen MR) is 69.1 cm³/mol. The lowest BCUT2D eigenvalue weighted by atomic mass is 9.99. The molecule has 0 aliphatic heterocycles. The number of rotatable bonds is 4. The van der Waals surface area contributed by atoms with Crippen molar-refractivity contribution in [2.75, 3.05) is 5.32 Å². The number of anilines is 1. The Morgan fingerprint density at radius 1 is 1.37 bits per heavy atom. The van der Waals surface area contributed by atoms with Crippen molar-refractivity contribution >= 4 is 27.6 Å². The molecule has 0 unspecified atom stereocenters. The number of carbonyl (C=O) groups is 1. The van der Waals surface area contributed by atoms with Gasteiger partial charge in [-0.05, 0) is 32.0 Å². The average molecular weight is 340 g/mol. The van der Waals surface area contributed by atoms with E-state index in [9.17, 15) is 18.0 Å². The molecule has 106 valence electrons. The Morgan fingerprint density at radius 2 is 1.95 bits per heavy atom. The minimum atomic E-state index is -4.50. The molecule has 1 aromatic rings. The predicted octanol–water partition coefficient (Wildman–Crippen LogP) is 4.13. The van der Waals surface area contributed by atoms with Gasteiger partial charge in [0.05, 0.1) is 12.0 Å². The van der Waals surface area contributed by atoms with Gasteiger partial charge in [-0.1, -0.05) is 15.9 Å². The Kier molecular flexibility index (Phi) is 4.50. The Bertz CT molecular complexity index is 486. The van der Waals surface area contributed by atoms with E-state index in [0.29, 0.717) is 4.47 Å². The Balaban J connectivity index is 3.12. The van der Waals surface area contributed by atoms with Crippen LogP contribution < -0.4 is 5.32 Å². The van der Waals surface area contributed by atoms with Crippen molar-refractivity contribution in [2.45, 2.75) is 32.0 Å². The summed E-state index contributed by atoms with van der Waals surface area (Å²) in [6, 6.07) is 3.52. The molecule has 0 fully saturated rings. The molecule has 0 aliphatic rings. The summed E-state index contributed by atoms with van der Waals surface area (Å²) in [6.45, 7) is 3.06. The van der Waals surface area contributed by atoms with Gasteiger partial charge in [-0.25, -0.2) is 0 Å². The van der Waals surface area contributed by atoms with Crippen LogP contribution in [0.4, 0.5) is 18.9 Å². The lowest BCUT2D eigenvalue weighted by molar-refractivity contribution is -0.138. The van der Waals surface area contributed by atoms with E-state index >= 15 is 0 Å². The quantitative estimate of drug-likeness (QED) is 0.866. The average Bonchev–Trinajstić information content (AvgIpc) is 2.11. The molecular weight excluding hydrogens is 327 g/mol. The standard InChI is InChI=1S/C12H13BrF3NO2/c1-11(2,6-10(18)19)17-9-5-7(13)3-4-8(9)12(14,15)16/h3-5,17H,6H2,1-2H3,(H,18,19). The van der Waals surface area contributed by atoms with Crippen LogP contribution in [0.2, 0.25) is 0 Å². The molecule has 2 N–H and O–H groups in total. The number of benzene rings is 1. The molecule has 0 saturated heterocycles. The number of carboxylic acids is 1. The molecule has 1 aromatic carbocycles.